The second-order valence-corrected chi connectivity index (χ2v) is 5.03. The van der Waals surface area contributed by atoms with E-state index >= 15 is 0 Å². The van der Waals surface area contributed by atoms with Gasteiger partial charge in [-0.3, -0.25) is 0 Å². The molecule has 1 aromatic carbocycles. The molecule has 1 aromatic rings. The van der Waals surface area contributed by atoms with Gasteiger partial charge in [0.15, 0.2) is 0 Å². The summed E-state index contributed by atoms with van der Waals surface area (Å²) in [7, 11) is 1.85. The molecule has 0 spiro atoms. The molecule has 0 aliphatic carbocycles. The normalized spacial score (nSPS) is 14.6. The summed E-state index contributed by atoms with van der Waals surface area (Å²) in [4.78, 5) is 0. The Hall–Kier alpha value is -0.770. The van der Waals surface area contributed by atoms with E-state index < -0.39 is 6.10 Å². The van der Waals surface area contributed by atoms with Crippen LogP contribution in [-0.2, 0) is 0 Å². The number of likely N-dealkylation sites (N-methyl/N-ethyl adjacent to an activating group) is 1. The van der Waals surface area contributed by atoms with Gasteiger partial charge in [0.25, 0.3) is 0 Å². The molecule has 0 bridgehead atoms. The van der Waals surface area contributed by atoms with Crippen molar-refractivity contribution in [1.82, 2.24) is 5.32 Å². The molecule has 0 aliphatic rings. The molecule has 0 fully saturated rings. The van der Waals surface area contributed by atoms with Crippen molar-refractivity contribution >= 4 is 11.6 Å². The number of aliphatic hydroxyl groups excluding tert-OH is 1. The molecule has 3 nitrogen and oxygen atoms in total. The first-order chi connectivity index (χ1) is 8.51. The third-order valence-electron chi connectivity index (χ3n) is 2.99. The summed E-state index contributed by atoms with van der Waals surface area (Å²) in [5, 5.41) is 14.0. The lowest BCUT2D eigenvalue weighted by atomic mass is 9.93. The SMILES string of the molecule is CCOc1ccc(C(O)C(NC)C(C)C)cc1Cl. The number of aliphatic hydroxyl groups is 1. The van der Waals surface area contributed by atoms with Crippen LogP contribution in [0.3, 0.4) is 0 Å². The van der Waals surface area contributed by atoms with Gasteiger partial charge in [0.2, 0.25) is 0 Å². The first-order valence-electron chi connectivity index (χ1n) is 6.28. The Balaban J connectivity index is 2.92. The van der Waals surface area contributed by atoms with E-state index in [1.807, 2.05) is 20.0 Å². The van der Waals surface area contributed by atoms with Crippen LogP contribution in [0.4, 0.5) is 0 Å². The smallest absolute Gasteiger partial charge is 0.137 e. The summed E-state index contributed by atoms with van der Waals surface area (Å²) < 4.78 is 5.38. The van der Waals surface area contributed by atoms with E-state index in [0.717, 1.165) is 5.56 Å². The van der Waals surface area contributed by atoms with Crippen molar-refractivity contribution in [1.29, 1.82) is 0 Å². The number of benzene rings is 1. The van der Waals surface area contributed by atoms with Crippen molar-refractivity contribution in [3.8, 4) is 5.75 Å². The molecule has 2 N–H and O–H groups in total. The van der Waals surface area contributed by atoms with Crippen LogP contribution in [0.2, 0.25) is 5.02 Å². The Morgan fingerprint density at radius 2 is 2.06 bits per heavy atom. The van der Waals surface area contributed by atoms with Crippen molar-refractivity contribution < 1.29 is 9.84 Å². The van der Waals surface area contributed by atoms with Crippen molar-refractivity contribution in [2.75, 3.05) is 13.7 Å². The second-order valence-electron chi connectivity index (χ2n) is 4.63. The molecule has 0 aromatic heterocycles. The third kappa shape index (κ3) is 3.61. The molecule has 0 saturated heterocycles. The zero-order valence-corrected chi connectivity index (χ0v) is 12.2. The van der Waals surface area contributed by atoms with Crippen LogP contribution < -0.4 is 10.1 Å². The largest absolute Gasteiger partial charge is 0.492 e. The molecule has 102 valence electrons. The van der Waals surface area contributed by atoms with Gasteiger partial charge in [-0.2, -0.15) is 0 Å². The van der Waals surface area contributed by atoms with Crippen LogP contribution >= 0.6 is 11.6 Å². The lowest BCUT2D eigenvalue weighted by molar-refractivity contribution is 0.110. The Bertz CT molecular complexity index is 382. The minimum atomic E-state index is -0.580. The number of ether oxygens (including phenoxy) is 1. The van der Waals surface area contributed by atoms with Crippen LogP contribution in [0.25, 0.3) is 0 Å². The fourth-order valence-corrected chi connectivity index (χ4v) is 2.28. The van der Waals surface area contributed by atoms with Crippen LogP contribution in [0, 0.1) is 5.92 Å². The first kappa shape index (κ1) is 15.3. The number of hydrogen-bond acceptors (Lipinski definition) is 3. The van der Waals surface area contributed by atoms with E-state index in [1.165, 1.54) is 0 Å². The second kappa shape index (κ2) is 6.98. The molecule has 2 unspecified atom stereocenters. The highest BCUT2D eigenvalue weighted by Crippen LogP contribution is 2.30. The van der Waals surface area contributed by atoms with Gasteiger partial charge in [0.1, 0.15) is 5.75 Å². The highest BCUT2D eigenvalue weighted by molar-refractivity contribution is 6.32. The maximum Gasteiger partial charge on any atom is 0.137 e. The molecule has 0 heterocycles. The van der Waals surface area contributed by atoms with Crippen LogP contribution in [0.15, 0.2) is 18.2 Å². The lowest BCUT2D eigenvalue weighted by Gasteiger charge is -2.26. The molecule has 0 saturated carbocycles. The highest BCUT2D eigenvalue weighted by Gasteiger charge is 2.23. The Morgan fingerprint density at radius 1 is 1.39 bits per heavy atom. The van der Waals surface area contributed by atoms with E-state index in [-0.39, 0.29) is 6.04 Å². The van der Waals surface area contributed by atoms with Gasteiger partial charge < -0.3 is 15.2 Å². The van der Waals surface area contributed by atoms with E-state index in [0.29, 0.717) is 23.3 Å². The van der Waals surface area contributed by atoms with Gasteiger partial charge in [-0.05, 0) is 37.6 Å². The fourth-order valence-electron chi connectivity index (χ4n) is 2.04. The molecule has 0 radical (unpaired) electrons. The molecular formula is C14H22ClNO2. The van der Waals surface area contributed by atoms with Gasteiger partial charge in [0, 0.05) is 6.04 Å². The van der Waals surface area contributed by atoms with Gasteiger partial charge >= 0.3 is 0 Å². The summed E-state index contributed by atoms with van der Waals surface area (Å²) in [6, 6.07) is 5.43. The molecule has 18 heavy (non-hydrogen) atoms. The van der Waals surface area contributed by atoms with Crippen LogP contribution in [0.1, 0.15) is 32.4 Å². The van der Waals surface area contributed by atoms with Gasteiger partial charge in [-0.1, -0.05) is 31.5 Å². The van der Waals surface area contributed by atoms with E-state index in [1.54, 1.807) is 12.1 Å². The molecule has 4 heteroatoms. The summed E-state index contributed by atoms with van der Waals surface area (Å²) >= 11 is 6.12. The molecule has 0 amide bonds. The molecule has 2 atom stereocenters. The predicted molar refractivity (Wildman–Crippen MR) is 75.3 cm³/mol. The maximum atomic E-state index is 10.3. The minimum Gasteiger partial charge on any atom is -0.492 e. The summed E-state index contributed by atoms with van der Waals surface area (Å²) in [6.45, 7) is 6.63. The predicted octanol–water partition coefficient (Wildman–Crippen LogP) is 3.02. The molecule has 0 aliphatic heterocycles. The molecular weight excluding hydrogens is 250 g/mol. The number of nitrogens with one attached hydrogen (secondary N) is 1. The summed E-state index contributed by atoms with van der Waals surface area (Å²) in [5.74, 6) is 0.982. The summed E-state index contributed by atoms with van der Waals surface area (Å²) in [6.07, 6.45) is -0.580. The quantitative estimate of drug-likeness (QED) is 0.836. The van der Waals surface area contributed by atoms with Crippen LogP contribution in [0.5, 0.6) is 5.75 Å². The zero-order valence-electron chi connectivity index (χ0n) is 11.4. The fraction of sp³-hybridized carbons (Fsp3) is 0.571. The third-order valence-corrected chi connectivity index (χ3v) is 3.28. The maximum absolute atomic E-state index is 10.3. The lowest BCUT2D eigenvalue weighted by Crippen LogP contribution is -2.36. The van der Waals surface area contributed by atoms with Gasteiger partial charge in [-0.25, -0.2) is 0 Å². The minimum absolute atomic E-state index is 0.000917. The van der Waals surface area contributed by atoms with Crippen LogP contribution in [-0.4, -0.2) is 24.8 Å². The zero-order chi connectivity index (χ0) is 13.7. The van der Waals surface area contributed by atoms with Gasteiger partial charge in [0.05, 0.1) is 17.7 Å². The standard InChI is InChI=1S/C14H22ClNO2/c1-5-18-12-7-6-10(8-11(12)15)14(17)13(16-4)9(2)3/h6-9,13-14,16-17H,5H2,1-4H3. The Labute approximate surface area is 114 Å². The number of rotatable bonds is 6. The topological polar surface area (TPSA) is 41.5 Å². The first-order valence-corrected chi connectivity index (χ1v) is 6.66. The van der Waals surface area contributed by atoms with E-state index in [9.17, 15) is 5.11 Å². The van der Waals surface area contributed by atoms with E-state index in [4.69, 9.17) is 16.3 Å². The average molecular weight is 272 g/mol. The van der Waals surface area contributed by atoms with Crippen molar-refractivity contribution in [3.63, 3.8) is 0 Å². The highest BCUT2D eigenvalue weighted by atomic mass is 35.5. The van der Waals surface area contributed by atoms with E-state index in [2.05, 4.69) is 19.2 Å². The monoisotopic (exact) mass is 271 g/mol. The van der Waals surface area contributed by atoms with Crippen molar-refractivity contribution in [3.05, 3.63) is 28.8 Å². The Morgan fingerprint density at radius 3 is 2.50 bits per heavy atom. The molecule has 1 rings (SSSR count). The van der Waals surface area contributed by atoms with Crippen molar-refractivity contribution in [2.45, 2.75) is 32.9 Å². The Kier molecular flexibility index (Phi) is 5.93. The summed E-state index contributed by atoms with van der Waals surface area (Å²) in [5.41, 5.74) is 0.802. The average Bonchev–Trinajstić information content (AvgIpc) is 2.32. The number of hydrogen-bond donors (Lipinski definition) is 2. The van der Waals surface area contributed by atoms with Crippen molar-refractivity contribution in [2.24, 2.45) is 5.92 Å². The number of halogens is 1. The van der Waals surface area contributed by atoms with Gasteiger partial charge in [-0.15, -0.1) is 0 Å².